The number of hydrogen-bond donors (Lipinski definition) is 0. The summed E-state index contributed by atoms with van der Waals surface area (Å²) in [5.74, 6) is 6.34. The molecule has 26 heavy (non-hydrogen) atoms. The molecule has 0 aliphatic rings. The third-order valence-corrected chi connectivity index (χ3v) is 3.74. The average Bonchev–Trinajstić information content (AvgIpc) is 2.60. The van der Waals surface area contributed by atoms with Gasteiger partial charge in [0.15, 0.2) is 0 Å². The second-order valence-electron chi connectivity index (χ2n) is 7.61. The van der Waals surface area contributed by atoms with E-state index in [0.29, 0.717) is 0 Å². The van der Waals surface area contributed by atoms with Crippen LogP contribution in [0.1, 0.15) is 37.5 Å². The maximum absolute atomic E-state index is 3.22. The van der Waals surface area contributed by atoms with Crippen molar-refractivity contribution in [2.45, 2.75) is 27.3 Å². The maximum atomic E-state index is 3.22. The fraction of sp³-hybridized carbons (Fsp3) is 0.280. The molecule has 0 spiro atoms. The first-order valence-corrected chi connectivity index (χ1v) is 9.11. The average molecular weight is 344 g/mol. The van der Waals surface area contributed by atoms with E-state index >= 15 is 0 Å². The van der Waals surface area contributed by atoms with E-state index in [4.69, 9.17) is 0 Å². The van der Waals surface area contributed by atoms with Gasteiger partial charge in [0.05, 0.1) is 0 Å². The Kier molecular flexibility index (Phi) is 7.45. The smallest absolute Gasteiger partial charge is 0.0234 e. The maximum Gasteiger partial charge on any atom is 0.0234 e. The van der Waals surface area contributed by atoms with Gasteiger partial charge in [-0.25, -0.2) is 0 Å². The minimum Gasteiger partial charge on any atom is -0.298 e. The van der Waals surface area contributed by atoms with Crippen molar-refractivity contribution in [2.24, 2.45) is 5.41 Å². The molecule has 0 bridgehead atoms. The number of hydrogen-bond acceptors (Lipinski definition) is 1. The highest BCUT2D eigenvalue weighted by Gasteiger charge is 2.02. The van der Waals surface area contributed by atoms with Crippen LogP contribution in [0.15, 0.2) is 66.7 Å². The number of rotatable bonds is 6. The normalized spacial score (nSPS) is 11.9. The van der Waals surface area contributed by atoms with Crippen LogP contribution >= 0.6 is 0 Å². The number of likely N-dealkylation sites (N-methyl/N-ethyl adjacent to an activating group) is 1. The highest BCUT2D eigenvalue weighted by Crippen LogP contribution is 2.12. The van der Waals surface area contributed by atoms with Crippen LogP contribution in [0.25, 0.3) is 12.2 Å². The van der Waals surface area contributed by atoms with Gasteiger partial charge in [0.2, 0.25) is 0 Å². The van der Waals surface area contributed by atoms with Gasteiger partial charge in [-0.1, -0.05) is 84.7 Å². The summed E-state index contributed by atoms with van der Waals surface area (Å²) < 4.78 is 0. The van der Waals surface area contributed by atoms with E-state index in [2.05, 4.69) is 111 Å². The number of allylic oxidation sites excluding steroid dienone is 1. The van der Waals surface area contributed by atoms with Crippen LogP contribution in [0.4, 0.5) is 0 Å². The zero-order chi connectivity index (χ0) is 18.8. The van der Waals surface area contributed by atoms with E-state index in [1.807, 2.05) is 12.1 Å². The van der Waals surface area contributed by atoms with Crippen molar-refractivity contribution >= 4 is 12.2 Å². The Morgan fingerprint density at radius 2 is 1.62 bits per heavy atom. The summed E-state index contributed by atoms with van der Waals surface area (Å²) in [6.45, 7) is 8.19. The molecule has 0 saturated heterocycles. The third kappa shape index (κ3) is 8.01. The molecule has 0 fully saturated rings. The van der Waals surface area contributed by atoms with Gasteiger partial charge in [-0.05, 0) is 50.6 Å². The van der Waals surface area contributed by atoms with Gasteiger partial charge < -0.3 is 0 Å². The monoisotopic (exact) mass is 343 g/mol. The van der Waals surface area contributed by atoms with Gasteiger partial charge in [-0.3, -0.25) is 4.90 Å². The first-order valence-electron chi connectivity index (χ1n) is 9.11. The summed E-state index contributed by atoms with van der Waals surface area (Å²) in [5, 5.41) is 0. The number of nitrogens with zero attached hydrogens (tertiary/aromatic N) is 1. The lowest BCUT2D eigenvalue weighted by atomic mass is 9.98. The molecule has 0 saturated carbocycles. The van der Waals surface area contributed by atoms with Crippen molar-refractivity contribution in [3.63, 3.8) is 0 Å². The van der Waals surface area contributed by atoms with Crippen LogP contribution in [-0.2, 0) is 6.54 Å². The molecule has 0 atom stereocenters. The standard InChI is InChI=1S/C25H29N/c1-25(2,3)18-9-6-10-19-26(4)21-24-15-11-14-23(20-24)17-16-22-12-7-5-8-13-22/h5-8,10-17,20H,19,21H2,1-4H3/b10-6+,17-16?. The summed E-state index contributed by atoms with van der Waals surface area (Å²) in [6, 6.07) is 19.1. The molecule has 2 aromatic rings. The lowest BCUT2D eigenvalue weighted by Gasteiger charge is -2.14. The van der Waals surface area contributed by atoms with Crippen molar-refractivity contribution < 1.29 is 0 Å². The molecule has 0 amide bonds. The minimum absolute atomic E-state index is 0.0595. The quantitative estimate of drug-likeness (QED) is 0.466. The summed E-state index contributed by atoms with van der Waals surface area (Å²) in [4.78, 5) is 2.29. The summed E-state index contributed by atoms with van der Waals surface area (Å²) in [6.07, 6.45) is 8.40. The van der Waals surface area contributed by atoms with Gasteiger partial charge >= 0.3 is 0 Å². The molecule has 1 heteroatoms. The molecular weight excluding hydrogens is 314 g/mol. The van der Waals surface area contributed by atoms with Crippen LogP contribution in [-0.4, -0.2) is 18.5 Å². The van der Waals surface area contributed by atoms with Gasteiger partial charge in [0.25, 0.3) is 0 Å². The van der Waals surface area contributed by atoms with Gasteiger partial charge in [-0.2, -0.15) is 0 Å². The van der Waals surface area contributed by atoms with Crippen LogP contribution in [0, 0.1) is 17.3 Å². The Morgan fingerprint density at radius 1 is 0.923 bits per heavy atom. The van der Waals surface area contributed by atoms with Crippen molar-refractivity contribution in [1.82, 2.24) is 4.90 Å². The molecule has 2 rings (SSSR count). The van der Waals surface area contributed by atoms with E-state index in [-0.39, 0.29) is 5.41 Å². The van der Waals surface area contributed by atoms with E-state index < -0.39 is 0 Å². The molecule has 0 N–H and O–H groups in total. The highest BCUT2D eigenvalue weighted by atomic mass is 15.1. The Balaban J connectivity index is 1.90. The van der Waals surface area contributed by atoms with Crippen LogP contribution < -0.4 is 0 Å². The summed E-state index contributed by atoms with van der Waals surface area (Å²) in [7, 11) is 2.13. The van der Waals surface area contributed by atoms with Gasteiger partial charge in [0.1, 0.15) is 0 Å². The Hall–Kier alpha value is -2.56. The van der Waals surface area contributed by atoms with E-state index in [0.717, 1.165) is 13.1 Å². The Labute approximate surface area is 159 Å². The van der Waals surface area contributed by atoms with Crippen molar-refractivity contribution in [3.8, 4) is 11.8 Å². The van der Waals surface area contributed by atoms with Crippen LogP contribution in [0.3, 0.4) is 0 Å². The van der Waals surface area contributed by atoms with Gasteiger partial charge in [-0.15, -0.1) is 0 Å². The van der Waals surface area contributed by atoms with E-state index in [1.165, 1.54) is 16.7 Å². The second-order valence-corrected chi connectivity index (χ2v) is 7.61. The molecule has 0 heterocycles. The van der Waals surface area contributed by atoms with Crippen molar-refractivity contribution in [3.05, 3.63) is 83.4 Å². The third-order valence-electron chi connectivity index (χ3n) is 3.74. The molecular formula is C25H29N. The largest absolute Gasteiger partial charge is 0.298 e. The first kappa shape index (κ1) is 19.8. The lowest BCUT2D eigenvalue weighted by Crippen LogP contribution is -2.17. The molecule has 1 nitrogen and oxygen atoms in total. The predicted molar refractivity (Wildman–Crippen MR) is 115 cm³/mol. The molecule has 2 aromatic carbocycles. The molecule has 0 unspecified atom stereocenters. The molecule has 0 aliphatic carbocycles. The fourth-order valence-corrected chi connectivity index (χ4v) is 2.48. The van der Waals surface area contributed by atoms with E-state index in [1.54, 1.807) is 0 Å². The summed E-state index contributed by atoms with van der Waals surface area (Å²) >= 11 is 0. The van der Waals surface area contributed by atoms with Crippen LogP contribution in [0.2, 0.25) is 0 Å². The lowest BCUT2D eigenvalue weighted by molar-refractivity contribution is 0.363. The highest BCUT2D eigenvalue weighted by molar-refractivity contribution is 5.69. The zero-order valence-electron chi connectivity index (χ0n) is 16.4. The van der Waals surface area contributed by atoms with Crippen molar-refractivity contribution in [2.75, 3.05) is 13.6 Å². The van der Waals surface area contributed by atoms with Gasteiger partial charge in [0, 0.05) is 18.5 Å². The zero-order valence-corrected chi connectivity index (χ0v) is 16.4. The topological polar surface area (TPSA) is 3.24 Å². The van der Waals surface area contributed by atoms with Crippen molar-refractivity contribution in [1.29, 1.82) is 0 Å². The second kappa shape index (κ2) is 9.80. The molecule has 0 aliphatic heterocycles. The first-order chi connectivity index (χ1) is 12.4. The minimum atomic E-state index is 0.0595. The summed E-state index contributed by atoms with van der Waals surface area (Å²) in [5.41, 5.74) is 3.82. The molecule has 134 valence electrons. The molecule has 0 radical (unpaired) electrons. The Morgan fingerprint density at radius 3 is 2.35 bits per heavy atom. The predicted octanol–water partition coefficient (Wildman–Crippen LogP) is 5.89. The van der Waals surface area contributed by atoms with E-state index in [9.17, 15) is 0 Å². The number of benzene rings is 2. The molecule has 0 aromatic heterocycles. The Bertz CT molecular complexity index is 795. The van der Waals surface area contributed by atoms with Crippen LogP contribution in [0.5, 0.6) is 0 Å². The SMILES string of the molecule is CN(C/C=C/C#CC(C)(C)C)Cc1cccc(C=Cc2ccccc2)c1. The fourth-order valence-electron chi connectivity index (χ4n) is 2.48.